The van der Waals surface area contributed by atoms with Crippen LogP contribution in [-0.4, -0.2) is 23.3 Å². The van der Waals surface area contributed by atoms with E-state index < -0.39 is 28.3 Å². The molecule has 1 aliphatic rings. The number of nitro groups is 1. The lowest BCUT2D eigenvalue weighted by Gasteiger charge is -2.35. The number of ketones is 1. The van der Waals surface area contributed by atoms with Crippen molar-refractivity contribution < 1.29 is 18.5 Å². The number of hydrogen-bond acceptors (Lipinski definition) is 4. The predicted molar refractivity (Wildman–Crippen MR) is 68.7 cm³/mol. The van der Waals surface area contributed by atoms with Gasteiger partial charge < -0.3 is 4.90 Å². The Labute approximate surface area is 114 Å². The minimum Gasteiger partial charge on any atom is -0.356 e. The second-order valence-corrected chi connectivity index (χ2v) is 4.83. The summed E-state index contributed by atoms with van der Waals surface area (Å²) >= 11 is 0. The summed E-state index contributed by atoms with van der Waals surface area (Å²) in [5.74, 6) is -2.28. The van der Waals surface area contributed by atoms with Gasteiger partial charge in [0.05, 0.1) is 11.0 Å². The molecule has 1 unspecified atom stereocenters. The van der Waals surface area contributed by atoms with Crippen molar-refractivity contribution in [3.63, 3.8) is 0 Å². The number of halogens is 2. The summed E-state index contributed by atoms with van der Waals surface area (Å²) in [6.45, 7) is 1.75. The molecule has 1 heterocycles. The Morgan fingerprint density at radius 2 is 2.10 bits per heavy atom. The fourth-order valence-corrected chi connectivity index (χ4v) is 2.59. The third kappa shape index (κ3) is 2.61. The summed E-state index contributed by atoms with van der Waals surface area (Å²) in [5.41, 5.74) is -0.938. The summed E-state index contributed by atoms with van der Waals surface area (Å²) in [6.07, 6.45) is 2.07. The second kappa shape index (κ2) is 5.52. The average molecular weight is 284 g/mol. The van der Waals surface area contributed by atoms with Gasteiger partial charge in [-0.25, -0.2) is 4.39 Å². The van der Waals surface area contributed by atoms with Gasteiger partial charge in [-0.3, -0.25) is 14.9 Å². The number of Topliss-reactive ketones (excluding diaryl/α,β-unsaturated/α-hetero) is 1. The number of nitro benzene ring substituents is 1. The Morgan fingerprint density at radius 3 is 2.70 bits per heavy atom. The third-order valence-electron chi connectivity index (χ3n) is 3.47. The first-order valence-electron chi connectivity index (χ1n) is 6.32. The fraction of sp³-hybridized carbons (Fsp3) is 0.462. The first-order chi connectivity index (χ1) is 9.41. The van der Waals surface area contributed by atoms with Gasteiger partial charge in [-0.2, -0.15) is 4.39 Å². The first-order valence-corrected chi connectivity index (χ1v) is 6.32. The number of piperidine rings is 1. The largest absolute Gasteiger partial charge is 0.356 e. The smallest absolute Gasteiger partial charge is 0.328 e. The van der Waals surface area contributed by atoms with Gasteiger partial charge in [0.2, 0.25) is 5.82 Å². The van der Waals surface area contributed by atoms with E-state index in [9.17, 15) is 23.7 Å². The van der Waals surface area contributed by atoms with E-state index in [1.165, 1.54) is 11.8 Å². The second-order valence-electron chi connectivity index (χ2n) is 4.83. The fourth-order valence-electron chi connectivity index (χ4n) is 2.59. The van der Waals surface area contributed by atoms with Crippen LogP contribution in [0.2, 0.25) is 0 Å². The molecule has 5 nitrogen and oxygen atoms in total. The maximum Gasteiger partial charge on any atom is 0.328 e. The molecule has 2 rings (SSSR count). The van der Waals surface area contributed by atoms with Crippen LogP contribution in [-0.2, 0) is 4.79 Å². The molecule has 0 amide bonds. The molecule has 1 aromatic carbocycles. The van der Waals surface area contributed by atoms with E-state index in [1.807, 2.05) is 0 Å². The van der Waals surface area contributed by atoms with E-state index in [-0.39, 0.29) is 11.5 Å². The molecule has 1 atom stereocenters. The van der Waals surface area contributed by atoms with Gasteiger partial charge in [0.25, 0.3) is 0 Å². The highest BCUT2D eigenvalue weighted by atomic mass is 19.1. The van der Waals surface area contributed by atoms with Gasteiger partial charge in [-0.05, 0) is 26.2 Å². The lowest BCUT2D eigenvalue weighted by Crippen LogP contribution is -2.44. The van der Waals surface area contributed by atoms with Crippen molar-refractivity contribution in [3.05, 3.63) is 33.9 Å². The zero-order valence-corrected chi connectivity index (χ0v) is 10.9. The van der Waals surface area contributed by atoms with Crippen molar-refractivity contribution in [2.45, 2.75) is 32.2 Å². The van der Waals surface area contributed by atoms with Crippen LogP contribution in [0.5, 0.6) is 0 Å². The van der Waals surface area contributed by atoms with Crippen LogP contribution in [0.4, 0.5) is 20.2 Å². The van der Waals surface area contributed by atoms with Crippen LogP contribution in [0.15, 0.2) is 12.1 Å². The molecule has 1 aromatic rings. The van der Waals surface area contributed by atoms with Crippen molar-refractivity contribution in [1.82, 2.24) is 0 Å². The molecular weight excluding hydrogens is 270 g/mol. The monoisotopic (exact) mass is 284 g/mol. The van der Waals surface area contributed by atoms with Crippen LogP contribution in [0.25, 0.3) is 0 Å². The molecule has 20 heavy (non-hydrogen) atoms. The Bertz CT molecular complexity index is 563. The highest BCUT2D eigenvalue weighted by molar-refractivity contribution is 5.86. The normalized spacial score (nSPS) is 18.9. The van der Waals surface area contributed by atoms with E-state index >= 15 is 0 Å². The number of rotatable bonds is 3. The lowest BCUT2D eigenvalue weighted by molar-refractivity contribution is -0.386. The molecular formula is C13H14F2N2O3. The molecule has 1 fully saturated rings. The maximum atomic E-state index is 13.7. The summed E-state index contributed by atoms with van der Waals surface area (Å²) < 4.78 is 27.0. The van der Waals surface area contributed by atoms with Crippen LogP contribution in [0, 0.1) is 21.7 Å². The number of nitrogens with zero attached hydrogens (tertiary/aromatic N) is 2. The number of benzene rings is 1. The standard InChI is InChI=1S/C13H14F2N2O3/c1-8(18)11-4-2-3-5-16(11)12-7-9(14)6-10(15)13(12)17(19)20/h6-7,11H,2-5H2,1H3. The van der Waals surface area contributed by atoms with Crippen LogP contribution in [0.1, 0.15) is 26.2 Å². The number of carbonyl (C=O) groups is 1. The SMILES string of the molecule is CC(=O)C1CCCCN1c1cc(F)cc(F)c1[N+](=O)[O-]. The number of hydrogen-bond donors (Lipinski definition) is 0. The Hall–Kier alpha value is -2.05. The minimum atomic E-state index is -1.22. The van der Waals surface area contributed by atoms with Gasteiger partial charge in [0.1, 0.15) is 11.5 Å². The topological polar surface area (TPSA) is 63.5 Å². The molecule has 1 saturated heterocycles. The molecule has 0 spiro atoms. The number of anilines is 1. The zero-order valence-electron chi connectivity index (χ0n) is 10.9. The van der Waals surface area contributed by atoms with Crippen molar-refractivity contribution in [3.8, 4) is 0 Å². The summed E-state index contributed by atoms with van der Waals surface area (Å²) in [5, 5.41) is 11.0. The van der Waals surface area contributed by atoms with E-state index in [0.29, 0.717) is 19.0 Å². The van der Waals surface area contributed by atoms with Gasteiger partial charge in [-0.1, -0.05) is 0 Å². The first kappa shape index (κ1) is 14.4. The predicted octanol–water partition coefficient (Wildman–Crippen LogP) is 2.82. The molecule has 0 bridgehead atoms. The molecule has 0 aromatic heterocycles. The molecule has 0 N–H and O–H groups in total. The van der Waals surface area contributed by atoms with Crippen molar-refractivity contribution in [1.29, 1.82) is 0 Å². The van der Waals surface area contributed by atoms with Gasteiger partial charge in [0, 0.05) is 18.7 Å². The summed E-state index contributed by atoms with van der Waals surface area (Å²) in [4.78, 5) is 23.2. The van der Waals surface area contributed by atoms with Crippen LogP contribution >= 0.6 is 0 Å². The van der Waals surface area contributed by atoms with Gasteiger partial charge in [-0.15, -0.1) is 0 Å². The van der Waals surface area contributed by atoms with Crippen molar-refractivity contribution in [2.75, 3.05) is 11.4 Å². The highest BCUT2D eigenvalue weighted by Gasteiger charge is 2.33. The Kier molecular flexibility index (Phi) is 3.96. The Morgan fingerprint density at radius 1 is 1.40 bits per heavy atom. The molecule has 1 aliphatic heterocycles. The summed E-state index contributed by atoms with van der Waals surface area (Å²) in [7, 11) is 0. The molecule has 7 heteroatoms. The van der Waals surface area contributed by atoms with Crippen molar-refractivity contribution >= 4 is 17.2 Å². The minimum absolute atomic E-state index is 0.160. The summed E-state index contributed by atoms with van der Waals surface area (Å²) in [6, 6.07) is 0.834. The van der Waals surface area contributed by atoms with E-state index in [2.05, 4.69) is 0 Å². The van der Waals surface area contributed by atoms with Crippen LogP contribution < -0.4 is 4.90 Å². The lowest BCUT2D eigenvalue weighted by atomic mass is 9.98. The zero-order chi connectivity index (χ0) is 14.9. The molecule has 0 aliphatic carbocycles. The third-order valence-corrected chi connectivity index (χ3v) is 3.47. The average Bonchev–Trinajstić information content (AvgIpc) is 2.37. The quantitative estimate of drug-likeness (QED) is 0.632. The van der Waals surface area contributed by atoms with Gasteiger partial charge >= 0.3 is 5.69 Å². The van der Waals surface area contributed by atoms with Crippen LogP contribution in [0.3, 0.4) is 0 Å². The molecule has 0 saturated carbocycles. The maximum absolute atomic E-state index is 13.7. The molecule has 0 radical (unpaired) electrons. The highest BCUT2D eigenvalue weighted by Crippen LogP contribution is 2.35. The van der Waals surface area contributed by atoms with E-state index in [0.717, 1.165) is 18.9 Å². The van der Waals surface area contributed by atoms with Gasteiger partial charge in [0.15, 0.2) is 5.78 Å². The Balaban J connectivity index is 2.54. The van der Waals surface area contributed by atoms with E-state index in [4.69, 9.17) is 0 Å². The van der Waals surface area contributed by atoms with E-state index in [1.54, 1.807) is 0 Å². The number of carbonyl (C=O) groups excluding carboxylic acids is 1. The van der Waals surface area contributed by atoms with Crippen molar-refractivity contribution in [2.24, 2.45) is 0 Å². The molecule has 108 valence electrons.